The molecule has 2 N–H and O–H groups in total. The van der Waals surface area contributed by atoms with E-state index in [0.29, 0.717) is 34.0 Å². The van der Waals surface area contributed by atoms with Crippen LogP contribution in [-0.4, -0.2) is 27.7 Å². The molecule has 0 atom stereocenters. The van der Waals surface area contributed by atoms with Crippen molar-refractivity contribution in [1.82, 2.24) is 10.6 Å². The number of nitrogens with one attached hydrogen (secondary N) is 2. The summed E-state index contributed by atoms with van der Waals surface area (Å²) in [6, 6.07) is 10.6. The van der Waals surface area contributed by atoms with Gasteiger partial charge >= 0.3 is 0 Å². The van der Waals surface area contributed by atoms with E-state index in [1.54, 1.807) is 38.2 Å². The Balaban J connectivity index is 0.00000364. The maximum atomic E-state index is 11.7. The molecule has 0 saturated carbocycles. The van der Waals surface area contributed by atoms with Gasteiger partial charge in [-0.25, -0.2) is 8.42 Å². The molecule has 148 valence electrons. The summed E-state index contributed by atoms with van der Waals surface area (Å²) < 4.78 is 23.4. The molecule has 0 bridgehead atoms. The predicted octanol–water partition coefficient (Wildman–Crippen LogP) is 4.19. The highest BCUT2D eigenvalue weighted by molar-refractivity contribution is 14.0. The van der Waals surface area contributed by atoms with E-state index in [0.717, 1.165) is 16.7 Å². The first-order chi connectivity index (χ1) is 12.2. The Morgan fingerprint density at radius 2 is 1.74 bits per heavy atom. The van der Waals surface area contributed by atoms with Crippen molar-refractivity contribution in [3.05, 3.63) is 63.1 Å². The van der Waals surface area contributed by atoms with Crippen LogP contribution in [0.4, 0.5) is 0 Å². The van der Waals surface area contributed by atoms with Crippen LogP contribution >= 0.6 is 47.2 Å². The second kappa shape index (κ2) is 10.5. The van der Waals surface area contributed by atoms with E-state index in [2.05, 4.69) is 15.6 Å². The van der Waals surface area contributed by atoms with Crippen molar-refractivity contribution in [3.63, 3.8) is 0 Å². The number of hydrogen-bond donors (Lipinski definition) is 2. The van der Waals surface area contributed by atoms with Crippen LogP contribution in [0.2, 0.25) is 10.0 Å². The summed E-state index contributed by atoms with van der Waals surface area (Å²) in [6.45, 7) is 2.80. The van der Waals surface area contributed by atoms with Crippen molar-refractivity contribution in [2.45, 2.75) is 24.9 Å². The van der Waals surface area contributed by atoms with E-state index in [1.165, 1.54) is 6.26 Å². The third kappa shape index (κ3) is 7.14. The van der Waals surface area contributed by atoms with Gasteiger partial charge in [0.2, 0.25) is 0 Å². The predicted molar refractivity (Wildman–Crippen MR) is 123 cm³/mol. The fourth-order valence-corrected chi connectivity index (χ4v) is 3.92. The van der Waals surface area contributed by atoms with Crippen LogP contribution in [0.3, 0.4) is 0 Å². The molecule has 0 aromatic heterocycles. The molecule has 0 aliphatic carbocycles. The lowest BCUT2D eigenvalue weighted by atomic mass is 10.1. The zero-order valence-corrected chi connectivity index (χ0v) is 19.9. The smallest absolute Gasteiger partial charge is 0.191 e. The van der Waals surface area contributed by atoms with Crippen molar-refractivity contribution in [1.29, 1.82) is 0 Å². The van der Waals surface area contributed by atoms with E-state index < -0.39 is 9.84 Å². The number of hydrogen-bond acceptors (Lipinski definition) is 3. The molecular weight excluding hydrogens is 520 g/mol. The Bertz CT molecular complexity index is 934. The van der Waals surface area contributed by atoms with Gasteiger partial charge in [0.15, 0.2) is 15.8 Å². The van der Waals surface area contributed by atoms with Crippen LogP contribution in [-0.2, 0) is 22.9 Å². The lowest BCUT2D eigenvalue weighted by Gasteiger charge is -2.14. The van der Waals surface area contributed by atoms with E-state index in [-0.39, 0.29) is 24.0 Å². The van der Waals surface area contributed by atoms with Crippen LogP contribution in [0.25, 0.3) is 0 Å². The SMILES string of the molecule is CN=C(NCc1ccc(S(C)(=O)=O)c(C)c1)NCc1ccc(Cl)cc1Cl.I. The maximum absolute atomic E-state index is 11.7. The molecule has 0 spiro atoms. The summed E-state index contributed by atoms with van der Waals surface area (Å²) in [6.07, 6.45) is 1.21. The lowest BCUT2D eigenvalue weighted by molar-refractivity contribution is 0.601. The summed E-state index contributed by atoms with van der Waals surface area (Å²) in [5, 5.41) is 7.56. The number of halogens is 3. The monoisotopic (exact) mass is 541 g/mol. The number of benzene rings is 2. The van der Waals surface area contributed by atoms with Crippen LogP contribution in [0.1, 0.15) is 16.7 Å². The summed E-state index contributed by atoms with van der Waals surface area (Å²) in [5.74, 6) is 0.612. The van der Waals surface area contributed by atoms with Crippen LogP contribution < -0.4 is 10.6 Å². The third-order valence-electron chi connectivity index (χ3n) is 3.78. The van der Waals surface area contributed by atoms with Gasteiger partial charge in [0, 0.05) is 36.4 Å². The number of guanidine groups is 1. The fraction of sp³-hybridized carbons (Fsp3) is 0.278. The number of aliphatic imine (C=N–C) groups is 1. The Morgan fingerprint density at radius 3 is 2.30 bits per heavy atom. The van der Waals surface area contributed by atoms with Crippen LogP contribution in [0.15, 0.2) is 46.3 Å². The summed E-state index contributed by atoms with van der Waals surface area (Å²) >= 11 is 12.1. The molecule has 2 aromatic carbocycles. The van der Waals surface area contributed by atoms with Crippen LogP contribution in [0, 0.1) is 6.92 Å². The highest BCUT2D eigenvalue weighted by atomic mass is 127. The lowest BCUT2D eigenvalue weighted by Crippen LogP contribution is -2.36. The van der Waals surface area contributed by atoms with E-state index in [4.69, 9.17) is 23.2 Å². The molecule has 5 nitrogen and oxygen atoms in total. The first kappa shape index (κ1) is 24.0. The molecule has 0 aliphatic heterocycles. The molecule has 0 fully saturated rings. The van der Waals surface area contributed by atoms with Gasteiger partial charge in [0.05, 0.1) is 4.90 Å². The number of sulfone groups is 1. The van der Waals surface area contributed by atoms with E-state index in [1.807, 2.05) is 12.1 Å². The van der Waals surface area contributed by atoms with Gasteiger partial charge in [-0.2, -0.15) is 0 Å². The number of rotatable bonds is 5. The first-order valence-electron chi connectivity index (χ1n) is 7.88. The number of aryl methyl sites for hydroxylation is 1. The van der Waals surface area contributed by atoms with Crippen molar-refractivity contribution >= 4 is 63.0 Å². The molecule has 2 rings (SSSR count). The minimum atomic E-state index is -3.21. The molecule has 9 heteroatoms. The van der Waals surface area contributed by atoms with Gasteiger partial charge in [0.25, 0.3) is 0 Å². The minimum absolute atomic E-state index is 0. The second-order valence-electron chi connectivity index (χ2n) is 5.89. The largest absolute Gasteiger partial charge is 0.352 e. The van der Waals surface area contributed by atoms with Crippen molar-refractivity contribution < 1.29 is 8.42 Å². The van der Waals surface area contributed by atoms with E-state index >= 15 is 0 Å². The molecular formula is C18H22Cl2IN3O2S. The van der Waals surface area contributed by atoms with Gasteiger partial charge in [-0.15, -0.1) is 24.0 Å². The third-order valence-corrected chi connectivity index (χ3v) is 5.63. The summed E-state index contributed by atoms with van der Waals surface area (Å²) in [5.41, 5.74) is 2.59. The molecule has 0 radical (unpaired) electrons. The zero-order valence-electron chi connectivity index (χ0n) is 15.2. The van der Waals surface area contributed by atoms with Crippen molar-refractivity contribution in [2.75, 3.05) is 13.3 Å². The fourth-order valence-electron chi connectivity index (χ4n) is 2.49. The summed E-state index contributed by atoms with van der Waals surface area (Å²) in [7, 11) is -1.53. The molecule has 0 saturated heterocycles. The average Bonchev–Trinajstić information content (AvgIpc) is 2.55. The van der Waals surface area contributed by atoms with Crippen molar-refractivity contribution in [2.24, 2.45) is 4.99 Å². The average molecular weight is 542 g/mol. The highest BCUT2D eigenvalue weighted by Crippen LogP contribution is 2.20. The Hall–Kier alpha value is -1.03. The molecule has 0 unspecified atom stereocenters. The maximum Gasteiger partial charge on any atom is 0.191 e. The molecule has 0 heterocycles. The Morgan fingerprint density at radius 1 is 1.07 bits per heavy atom. The standard InChI is InChI=1S/C18H21Cl2N3O2S.HI/c1-12-8-13(4-7-17(12)26(3,24)25)10-22-18(21-2)23-11-14-5-6-15(19)9-16(14)20;/h4-9H,10-11H2,1-3H3,(H2,21,22,23);1H. The molecule has 2 aromatic rings. The minimum Gasteiger partial charge on any atom is -0.352 e. The van der Waals surface area contributed by atoms with Gasteiger partial charge < -0.3 is 10.6 Å². The van der Waals surface area contributed by atoms with Gasteiger partial charge in [-0.3, -0.25) is 4.99 Å². The Labute approximate surface area is 187 Å². The molecule has 0 aliphatic rings. The quantitative estimate of drug-likeness (QED) is 0.338. The van der Waals surface area contributed by atoms with E-state index in [9.17, 15) is 8.42 Å². The Kier molecular flexibility index (Phi) is 9.33. The van der Waals surface area contributed by atoms with Gasteiger partial charge in [0.1, 0.15) is 0 Å². The zero-order chi connectivity index (χ0) is 19.3. The van der Waals surface area contributed by atoms with Gasteiger partial charge in [-0.1, -0.05) is 41.4 Å². The molecule has 0 amide bonds. The highest BCUT2D eigenvalue weighted by Gasteiger charge is 2.11. The topological polar surface area (TPSA) is 70.6 Å². The number of nitrogens with zero attached hydrogens (tertiary/aromatic N) is 1. The van der Waals surface area contributed by atoms with Crippen molar-refractivity contribution in [3.8, 4) is 0 Å². The van der Waals surface area contributed by atoms with Gasteiger partial charge in [-0.05, 0) is 41.8 Å². The normalized spacial score (nSPS) is 11.7. The van der Waals surface area contributed by atoms with Crippen LogP contribution in [0.5, 0.6) is 0 Å². The summed E-state index contributed by atoms with van der Waals surface area (Å²) in [4.78, 5) is 4.52. The first-order valence-corrected chi connectivity index (χ1v) is 10.5. The second-order valence-corrected chi connectivity index (χ2v) is 8.71. The molecule has 27 heavy (non-hydrogen) atoms.